The minimum atomic E-state index is -0.457. The van der Waals surface area contributed by atoms with Gasteiger partial charge in [0.25, 0.3) is 0 Å². The zero-order valence-corrected chi connectivity index (χ0v) is 15.1. The second-order valence-corrected chi connectivity index (χ2v) is 6.47. The molecule has 5 nitrogen and oxygen atoms in total. The molecule has 1 atom stereocenters. The van der Waals surface area contributed by atoms with Crippen molar-refractivity contribution in [3.05, 3.63) is 54.6 Å². The van der Waals surface area contributed by atoms with Crippen molar-refractivity contribution in [2.24, 2.45) is 0 Å². The molecule has 2 aromatic carbocycles. The van der Waals surface area contributed by atoms with Crippen LogP contribution >= 0.6 is 0 Å². The maximum atomic E-state index is 10.5. The zero-order chi connectivity index (χ0) is 18.4. The molecule has 0 saturated heterocycles. The molecule has 1 aromatic heterocycles. The molecule has 0 amide bonds. The average molecular weight is 355 g/mol. The fraction of sp³-hybridized carbons (Fsp3) is 0.333. The van der Waals surface area contributed by atoms with E-state index in [9.17, 15) is 5.11 Å². The summed E-state index contributed by atoms with van der Waals surface area (Å²) in [5, 5.41) is 22.6. The van der Waals surface area contributed by atoms with Gasteiger partial charge < -0.3 is 24.8 Å². The molecule has 0 unspecified atom stereocenters. The standard InChI is InChI=1S/C21H26N2O3/c1-26-19-9-7-16(8-10-19)21-13-17-5-2-3-6-20(17)23(21)15-18(25)14-22-11-4-12-24/h2-3,5-10,13,18,22,24-25H,4,11-12,14-15H2,1H3/p+1/t18-/m0/s1. The van der Waals surface area contributed by atoms with Crippen LogP contribution in [0.4, 0.5) is 0 Å². The van der Waals surface area contributed by atoms with Gasteiger partial charge in [0, 0.05) is 29.6 Å². The van der Waals surface area contributed by atoms with Crippen LogP contribution in [0.15, 0.2) is 54.6 Å². The Labute approximate surface area is 153 Å². The summed E-state index contributed by atoms with van der Waals surface area (Å²) in [6.45, 7) is 2.17. The second kappa shape index (κ2) is 8.85. The van der Waals surface area contributed by atoms with Crippen LogP contribution in [0.5, 0.6) is 5.75 Å². The molecule has 5 heteroatoms. The monoisotopic (exact) mass is 355 g/mol. The van der Waals surface area contributed by atoms with E-state index >= 15 is 0 Å². The fourth-order valence-corrected chi connectivity index (χ4v) is 3.24. The first kappa shape index (κ1) is 18.5. The molecule has 0 radical (unpaired) electrons. The highest BCUT2D eigenvalue weighted by Gasteiger charge is 2.15. The van der Waals surface area contributed by atoms with Crippen LogP contribution in [0.2, 0.25) is 0 Å². The Hall–Kier alpha value is -2.34. The Balaban J connectivity index is 1.87. The summed E-state index contributed by atoms with van der Waals surface area (Å²) >= 11 is 0. The van der Waals surface area contributed by atoms with Gasteiger partial charge in [0.15, 0.2) is 0 Å². The number of aliphatic hydroxyl groups excluding tert-OH is 2. The Bertz CT molecular complexity index is 827. The number of aromatic nitrogens is 1. The number of nitrogens with two attached hydrogens (primary N) is 1. The van der Waals surface area contributed by atoms with Gasteiger partial charge in [-0.3, -0.25) is 0 Å². The summed E-state index contributed by atoms with van der Waals surface area (Å²) in [7, 11) is 1.66. The minimum Gasteiger partial charge on any atom is -0.497 e. The van der Waals surface area contributed by atoms with Crippen molar-refractivity contribution in [2.75, 3.05) is 26.8 Å². The third kappa shape index (κ3) is 4.25. The summed E-state index contributed by atoms with van der Waals surface area (Å²) < 4.78 is 7.44. The predicted molar refractivity (Wildman–Crippen MR) is 103 cm³/mol. The minimum absolute atomic E-state index is 0.191. The van der Waals surface area contributed by atoms with Gasteiger partial charge in [0.1, 0.15) is 18.4 Å². The predicted octanol–water partition coefficient (Wildman–Crippen LogP) is 1.62. The summed E-state index contributed by atoms with van der Waals surface area (Å²) in [5.41, 5.74) is 3.30. The van der Waals surface area contributed by atoms with E-state index in [4.69, 9.17) is 9.84 Å². The molecule has 0 spiro atoms. The number of quaternary nitrogens is 1. The van der Waals surface area contributed by atoms with E-state index in [1.165, 1.54) is 0 Å². The van der Waals surface area contributed by atoms with Gasteiger partial charge in [-0.15, -0.1) is 0 Å². The molecule has 0 bridgehead atoms. The van der Waals surface area contributed by atoms with Gasteiger partial charge in [-0.25, -0.2) is 0 Å². The van der Waals surface area contributed by atoms with E-state index in [0.717, 1.165) is 40.9 Å². The molecule has 1 heterocycles. The number of hydrogen-bond donors (Lipinski definition) is 3. The number of rotatable bonds is 9. The topological polar surface area (TPSA) is 71.2 Å². The summed E-state index contributed by atoms with van der Waals surface area (Å²) in [4.78, 5) is 0. The van der Waals surface area contributed by atoms with Gasteiger partial charge in [-0.2, -0.15) is 0 Å². The summed E-state index contributed by atoms with van der Waals surface area (Å²) in [6.07, 6.45) is 0.289. The van der Waals surface area contributed by atoms with E-state index in [2.05, 4.69) is 28.1 Å². The highest BCUT2D eigenvalue weighted by atomic mass is 16.5. The van der Waals surface area contributed by atoms with E-state index in [0.29, 0.717) is 13.1 Å². The highest BCUT2D eigenvalue weighted by molar-refractivity contribution is 5.87. The summed E-state index contributed by atoms with van der Waals surface area (Å²) in [6, 6.07) is 18.4. The molecule has 0 aliphatic rings. The van der Waals surface area contributed by atoms with Crippen LogP contribution in [0.25, 0.3) is 22.2 Å². The lowest BCUT2D eigenvalue weighted by atomic mass is 10.1. The quantitative estimate of drug-likeness (QED) is 0.511. The molecule has 0 aliphatic heterocycles. The molecule has 4 N–H and O–H groups in total. The largest absolute Gasteiger partial charge is 0.497 e. The highest BCUT2D eigenvalue weighted by Crippen LogP contribution is 2.29. The molecule has 3 aromatic rings. The van der Waals surface area contributed by atoms with Crippen LogP contribution < -0.4 is 10.1 Å². The van der Waals surface area contributed by atoms with Crippen molar-refractivity contribution in [2.45, 2.75) is 19.1 Å². The van der Waals surface area contributed by atoms with Crippen LogP contribution in [-0.2, 0) is 6.54 Å². The van der Waals surface area contributed by atoms with Crippen molar-refractivity contribution >= 4 is 10.9 Å². The lowest BCUT2D eigenvalue weighted by Gasteiger charge is -2.15. The van der Waals surface area contributed by atoms with Crippen molar-refractivity contribution in [3.63, 3.8) is 0 Å². The Morgan fingerprint density at radius 1 is 1.12 bits per heavy atom. The smallest absolute Gasteiger partial charge is 0.121 e. The van der Waals surface area contributed by atoms with Crippen LogP contribution in [-0.4, -0.2) is 47.7 Å². The van der Waals surface area contributed by atoms with E-state index in [1.54, 1.807) is 7.11 Å². The molecule has 0 aliphatic carbocycles. The Morgan fingerprint density at radius 3 is 2.62 bits per heavy atom. The normalized spacial score (nSPS) is 12.4. The Kier molecular flexibility index (Phi) is 6.28. The number of nitrogens with zero attached hydrogens (tertiary/aromatic N) is 1. The molecule has 138 valence electrons. The first-order chi connectivity index (χ1) is 12.7. The van der Waals surface area contributed by atoms with Crippen LogP contribution in [0, 0.1) is 0 Å². The van der Waals surface area contributed by atoms with E-state index < -0.39 is 6.10 Å². The van der Waals surface area contributed by atoms with Crippen molar-refractivity contribution < 1.29 is 20.3 Å². The van der Waals surface area contributed by atoms with Gasteiger partial charge >= 0.3 is 0 Å². The molecular formula is C21H27N2O3+. The molecule has 3 rings (SSSR count). The SMILES string of the molecule is COc1ccc(-c2cc3ccccc3n2C[C@@H](O)C[NH2+]CCCO)cc1. The van der Waals surface area contributed by atoms with Crippen molar-refractivity contribution in [1.82, 2.24) is 4.57 Å². The third-order valence-electron chi connectivity index (χ3n) is 4.59. The molecular weight excluding hydrogens is 328 g/mol. The number of para-hydroxylation sites is 1. The lowest BCUT2D eigenvalue weighted by molar-refractivity contribution is -0.661. The number of methoxy groups -OCH3 is 1. The molecule has 0 fully saturated rings. The van der Waals surface area contributed by atoms with Gasteiger partial charge in [-0.1, -0.05) is 18.2 Å². The second-order valence-electron chi connectivity index (χ2n) is 6.47. The Morgan fingerprint density at radius 2 is 1.88 bits per heavy atom. The molecule has 0 saturated carbocycles. The van der Waals surface area contributed by atoms with Gasteiger partial charge in [0.05, 0.1) is 20.2 Å². The lowest BCUT2D eigenvalue weighted by Crippen LogP contribution is -2.86. The maximum Gasteiger partial charge on any atom is 0.121 e. The van der Waals surface area contributed by atoms with E-state index in [-0.39, 0.29) is 6.61 Å². The number of fused-ring (bicyclic) bond motifs is 1. The molecule has 26 heavy (non-hydrogen) atoms. The first-order valence-electron chi connectivity index (χ1n) is 9.06. The fourth-order valence-electron chi connectivity index (χ4n) is 3.24. The number of ether oxygens (including phenoxy) is 1. The van der Waals surface area contributed by atoms with E-state index in [1.807, 2.05) is 36.4 Å². The summed E-state index contributed by atoms with van der Waals surface area (Å²) in [5.74, 6) is 0.829. The first-order valence-corrected chi connectivity index (χ1v) is 9.06. The van der Waals surface area contributed by atoms with Crippen LogP contribution in [0.1, 0.15) is 6.42 Å². The number of hydrogen-bond acceptors (Lipinski definition) is 3. The third-order valence-corrected chi connectivity index (χ3v) is 4.59. The number of aliphatic hydroxyl groups is 2. The van der Waals surface area contributed by atoms with Gasteiger partial charge in [0.2, 0.25) is 0 Å². The van der Waals surface area contributed by atoms with Gasteiger partial charge in [-0.05, 0) is 42.0 Å². The van der Waals surface area contributed by atoms with Crippen LogP contribution in [0.3, 0.4) is 0 Å². The zero-order valence-electron chi connectivity index (χ0n) is 15.1. The average Bonchev–Trinajstić information content (AvgIpc) is 3.04. The van der Waals surface area contributed by atoms with Crippen molar-refractivity contribution in [1.29, 1.82) is 0 Å². The van der Waals surface area contributed by atoms with Crippen molar-refractivity contribution in [3.8, 4) is 17.0 Å². The number of benzene rings is 2. The maximum absolute atomic E-state index is 10.5.